The molecule has 218 valence electrons. The van der Waals surface area contributed by atoms with Crippen LogP contribution in [-0.2, 0) is 31.7 Å². The van der Waals surface area contributed by atoms with E-state index < -0.39 is 13.7 Å². The lowest BCUT2D eigenvalue weighted by Crippen LogP contribution is -2.38. The number of nitrogens with two attached hydrogens (primary N) is 1. The highest BCUT2D eigenvalue weighted by atomic mass is 33.1. The summed E-state index contributed by atoms with van der Waals surface area (Å²) in [7, 11) is 1.02. The van der Waals surface area contributed by atoms with E-state index in [0.717, 1.165) is 5.56 Å². The lowest BCUT2D eigenvalue weighted by molar-refractivity contribution is -0.0193. The van der Waals surface area contributed by atoms with Crippen LogP contribution >= 0.6 is 29.2 Å². The van der Waals surface area contributed by atoms with Gasteiger partial charge in [-0.25, -0.2) is 19.5 Å². The molecule has 4 aromatic rings. The highest BCUT2D eigenvalue weighted by molar-refractivity contribution is 8.76. The first-order valence-corrected chi connectivity index (χ1v) is 17.2. The second-order valence-electron chi connectivity index (χ2n) is 9.34. The van der Waals surface area contributed by atoms with Gasteiger partial charge in [0.1, 0.15) is 17.9 Å². The molecule has 0 spiro atoms. The summed E-state index contributed by atoms with van der Waals surface area (Å²) in [6.45, 7) is 2.68. The Bertz CT molecular complexity index is 1480. The van der Waals surface area contributed by atoms with Crippen molar-refractivity contribution in [3.63, 3.8) is 0 Å². The van der Waals surface area contributed by atoms with Crippen LogP contribution in [0, 0.1) is 0 Å². The van der Waals surface area contributed by atoms with E-state index in [-0.39, 0.29) is 18.6 Å². The number of fused-ring (bicyclic) bond motifs is 1. The molecule has 14 heteroatoms. The van der Waals surface area contributed by atoms with Gasteiger partial charge in [0.15, 0.2) is 29.3 Å². The Morgan fingerprint density at radius 3 is 2.54 bits per heavy atom. The molecule has 1 saturated heterocycles. The predicted octanol–water partition coefficient (Wildman–Crippen LogP) is 5.42. The first-order valence-electron chi connectivity index (χ1n) is 13.0. The van der Waals surface area contributed by atoms with E-state index >= 15 is 0 Å². The number of hydrogen-bond donors (Lipinski definition) is 1. The van der Waals surface area contributed by atoms with Crippen molar-refractivity contribution < 1.29 is 27.8 Å². The van der Waals surface area contributed by atoms with Crippen molar-refractivity contribution in [2.24, 2.45) is 0 Å². The maximum Gasteiger partial charge on any atom is 0.405 e. The molecule has 0 saturated carbocycles. The Balaban J connectivity index is 1.31. The number of methoxy groups -OCH3 is 1. The fourth-order valence-corrected chi connectivity index (χ4v) is 8.39. The van der Waals surface area contributed by atoms with Gasteiger partial charge in [0.2, 0.25) is 0 Å². The van der Waals surface area contributed by atoms with Gasteiger partial charge in [0, 0.05) is 11.5 Å². The van der Waals surface area contributed by atoms with E-state index in [4.69, 9.17) is 29.0 Å². The summed E-state index contributed by atoms with van der Waals surface area (Å²) in [4.78, 5) is 12.6. The molecule has 5 rings (SSSR count). The number of imidazole rings is 1. The number of rotatable bonds is 13. The maximum atomic E-state index is 14.3. The SMILES string of the molecule is COc1ccccc1OP(=O)(CO[C@H](C)Cn1cnc2c(N)ncnc21)OC1CSSC[C@@H]1OCc1ccccc1. The number of para-hydroxylation sites is 2. The number of nitrogens with zero attached hydrogens (tertiary/aromatic N) is 4. The number of anilines is 1. The molecule has 1 aliphatic rings. The van der Waals surface area contributed by atoms with E-state index in [2.05, 4.69) is 15.0 Å². The molecule has 41 heavy (non-hydrogen) atoms. The molecule has 2 N–H and O–H groups in total. The minimum Gasteiger partial charge on any atom is -0.493 e. The second kappa shape index (κ2) is 13.9. The molecule has 2 aromatic carbocycles. The standard InChI is InChI=1S/C27H32N5O6PS2/c1-19(12-32-17-31-25-26(28)29-16-30-27(25)32)36-18-39(33,37-22-11-7-6-10-21(22)34-2)38-24-15-41-40-14-23(24)35-13-20-8-4-3-5-9-20/h3-11,16-17,19,23-24H,12-15,18H2,1-2H3,(H2,28,29,30)/t19-,23+,24?,39?/m1/s1. The second-order valence-corrected chi connectivity index (χ2v) is 13.8. The lowest BCUT2D eigenvalue weighted by atomic mass is 10.2. The summed E-state index contributed by atoms with van der Waals surface area (Å²) >= 11 is 0. The van der Waals surface area contributed by atoms with Crippen molar-refractivity contribution in [1.29, 1.82) is 0 Å². The molecule has 0 amide bonds. The van der Waals surface area contributed by atoms with Crippen molar-refractivity contribution in [2.75, 3.05) is 30.7 Å². The zero-order valence-electron chi connectivity index (χ0n) is 22.7. The van der Waals surface area contributed by atoms with Crippen LogP contribution in [0.4, 0.5) is 5.82 Å². The molecule has 4 atom stereocenters. The highest BCUT2D eigenvalue weighted by Crippen LogP contribution is 2.53. The van der Waals surface area contributed by atoms with E-state index in [1.807, 2.05) is 47.9 Å². The zero-order chi connectivity index (χ0) is 28.7. The van der Waals surface area contributed by atoms with Crippen molar-refractivity contribution >= 4 is 46.2 Å². The molecular weight excluding hydrogens is 585 g/mol. The number of ether oxygens (including phenoxy) is 3. The largest absolute Gasteiger partial charge is 0.493 e. The van der Waals surface area contributed by atoms with E-state index in [1.165, 1.54) is 13.4 Å². The molecule has 0 aliphatic carbocycles. The normalized spacial score (nSPS) is 19.5. The van der Waals surface area contributed by atoms with E-state index in [1.54, 1.807) is 46.1 Å². The molecule has 2 unspecified atom stereocenters. The number of nitrogen functional groups attached to an aromatic ring is 1. The van der Waals surface area contributed by atoms with Crippen LogP contribution in [0.25, 0.3) is 11.2 Å². The van der Waals surface area contributed by atoms with Crippen LogP contribution < -0.4 is 15.0 Å². The Hall–Kier alpha value is -2.80. The van der Waals surface area contributed by atoms with Crippen LogP contribution in [0.1, 0.15) is 12.5 Å². The van der Waals surface area contributed by atoms with Crippen molar-refractivity contribution in [2.45, 2.75) is 38.4 Å². The third-order valence-electron chi connectivity index (χ3n) is 6.27. The lowest BCUT2D eigenvalue weighted by Gasteiger charge is -2.33. The third-order valence-corrected chi connectivity index (χ3v) is 10.2. The Morgan fingerprint density at radius 2 is 1.76 bits per heavy atom. The molecule has 2 aromatic heterocycles. The molecule has 11 nitrogen and oxygen atoms in total. The van der Waals surface area contributed by atoms with Gasteiger partial charge in [-0.2, -0.15) is 0 Å². The maximum absolute atomic E-state index is 14.3. The molecule has 0 radical (unpaired) electrons. The van der Waals surface area contributed by atoms with E-state index in [9.17, 15) is 4.57 Å². The average molecular weight is 618 g/mol. The van der Waals surface area contributed by atoms with Crippen LogP contribution in [0.5, 0.6) is 11.5 Å². The number of hydrogen-bond acceptors (Lipinski definition) is 12. The van der Waals surface area contributed by atoms with E-state index in [0.29, 0.717) is 53.1 Å². The highest BCUT2D eigenvalue weighted by Gasteiger charge is 2.38. The average Bonchev–Trinajstić information content (AvgIpc) is 3.40. The Kier molecular flexibility index (Phi) is 10.1. The van der Waals surface area contributed by atoms with Crippen LogP contribution in [0.2, 0.25) is 0 Å². The molecule has 3 heterocycles. The first kappa shape index (κ1) is 29.7. The van der Waals surface area contributed by atoms with Crippen molar-refractivity contribution in [3.05, 3.63) is 72.8 Å². The minimum atomic E-state index is -3.86. The molecular formula is C27H32N5O6PS2. The fraction of sp³-hybridized carbons (Fsp3) is 0.370. The van der Waals surface area contributed by atoms with Gasteiger partial charge in [-0.05, 0) is 24.6 Å². The van der Waals surface area contributed by atoms with Crippen molar-refractivity contribution in [3.8, 4) is 11.5 Å². The van der Waals surface area contributed by atoms with Gasteiger partial charge < -0.3 is 29.0 Å². The molecule has 0 bridgehead atoms. The van der Waals surface area contributed by atoms with Crippen molar-refractivity contribution in [1.82, 2.24) is 19.5 Å². The number of benzene rings is 2. The topological polar surface area (TPSA) is 133 Å². The third kappa shape index (κ3) is 7.73. The summed E-state index contributed by atoms with van der Waals surface area (Å²) in [5.74, 6) is 2.32. The number of aromatic nitrogens is 4. The van der Waals surface area contributed by atoms with Gasteiger partial charge in [-0.3, -0.25) is 4.52 Å². The van der Waals surface area contributed by atoms with Gasteiger partial charge >= 0.3 is 7.60 Å². The monoisotopic (exact) mass is 617 g/mol. The van der Waals surface area contributed by atoms with Gasteiger partial charge in [0.25, 0.3) is 0 Å². The van der Waals surface area contributed by atoms with Gasteiger partial charge in [-0.15, -0.1) is 0 Å². The molecule has 1 fully saturated rings. The zero-order valence-corrected chi connectivity index (χ0v) is 25.2. The Labute approximate surface area is 246 Å². The summed E-state index contributed by atoms with van der Waals surface area (Å²) in [5, 5.41) is 0. The van der Waals surface area contributed by atoms with Crippen LogP contribution in [0.15, 0.2) is 67.3 Å². The quantitative estimate of drug-likeness (QED) is 0.152. The summed E-state index contributed by atoms with van der Waals surface area (Å²) in [6.07, 6.45) is 1.60. The van der Waals surface area contributed by atoms with Crippen LogP contribution in [-0.4, -0.2) is 62.8 Å². The minimum absolute atomic E-state index is 0.282. The fourth-order valence-electron chi connectivity index (χ4n) is 4.19. The predicted molar refractivity (Wildman–Crippen MR) is 161 cm³/mol. The van der Waals surface area contributed by atoms with Crippen LogP contribution in [0.3, 0.4) is 0 Å². The first-order chi connectivity index (χ1) is 19.9. The Morgan fingerprint density at radius 1 is 1.02 bits per heavy atom. The van der Waals surface area contributed by atoms with Gasteiger partial charge in [-0.1, -0.05) is 64.1 Å². The molecule has 1 aliphatic heterocycles. The summed E-state index contributed by atoms with van der Waals surface area (Å²) < 4.78 is 46.3. The van der Waals surface area contributed by atoms with Gasteiger partial charge in [0.05, 0.1) is 38.8 Å². The smallest absolute Gasteiger partial charge is 0.405 e. The summed E-state index contributed by atoms with van der Waals surface area (Å²) in [6, 6.07) is 16.9. The summed E-state index contributed by atoms with van der Waals surface area (Å²) in [5.41, 5.74) is 8.08.